The van der Waals surface area contributed by atoms with Gasteiger partial charge in [0.25, 0.3) is 0 Å². The van der Waals surface area contributed by atoms with E-state index in [-0.39, 0.29) is 12.7 Å². The molecule has 0 saturated carbocycles. The van der Waals surface area contributed by atoms with Crippen LogP contribution in [0.2, 0.25) is 0 Å². The van der Waals surface area contributed by atoms with E-state index in [2.05, 4.69) is 17.5 Å². The first kappa shape index (κ1) is 15.3. The summed E-state index contributed by atoms with van der Waals surface area (Å²) in [6.45, 7) is 3.09. The fraction of sp³-hybridized carbons (Fsp3) is 0.611. The van der Waals surface area contributed by atoms with Crippen molar-refractivity contribution in [1.82, 2.24) is 0 Å². The number of nitriles is 1. The molecule has 0 amide bonds. The van der Waals surface area contributed by atoms with Gasteiger partial charge in [-0.1, -0.05) is 6.07 Å². The Bertz CT molecular complexity index is 579. The smallest absolute Gasteiger partial charge is 0.101 e. The molecule has 1 aromatic carbocycles. The quantitative estimate of drug-likeness (QED) is 0.837. The van der Waals surface area contributed by atoms with Crippen molar-refractivity contribution in [3.05, 3.63) is 28.8 Å². The monoisotopic (exact) mass is 300 g/mol. The number of ether oxygens (including phenoxy) is 1. The van der Waals surface area contributed by atoms with Gasteiger partial charge in [0.05, 0.1) is 17.4 Å². The lowest BCUT2D eigenvalue weighted by atomic mass is 9.77. The Morgan fingerprint density at radius 2 is 2.27 bits per heavy atom. The average Bonchev–Trinajstić information content (AvgIpc) is 2.55. The number of aliphatic hydroxyl groups excluding tert-OH is 1. The van der Waals surface area contributed by atoms with Gasteiger partial charge in [-0.05, 0) is 50.7 Å². The van der Waals surface area contributed by atoms with E-state index in [1.165, 1.54) is 0 Å². The molecule has 22 heavy (non-hydrogen) atoms. The molecule has 4 heteroatoms. The molecule has 1 aromatic rings. The van der Waals surface area contributed by atoms with Gasteiger partial charge >= 0.3 is 0 Å². The lowest BCUT2D eigenvalue weighted by Gasteiger charge is -2.43. The first-order valence-corrected chi connectivity index (χ1v) is 8.28. The van der Waals surface area contributed by atoms with Crippen LogP contribution in [0.5, 0.6) is 0 Å². The van der Waals surface area contributed by atoms with Gasteiger partial charge in [-0.25, -0.2) is 0 Å². The minimum atomic E-state index is 0.108. The fourth-order valence-corrected chi connectivity index (χ4v) is 3.88. The summed E-state index contributed by atoms with van der Waals surface area (Å²) in [5.41, 5.74) is 3.95. The number of hydrogen-bond acceptors (Lipinski definition) is 4. The van der Waals surface area contributed by atoms with Gasteiger partial charge in [-0.2, -0.15) is 5.26 Å². The second-order valence-electron chi connectivity index (χ2n) is 6.46. The van der Waals surface area contributed by atoms with E-state index in [9.17, 15) is 5.26 Å². The number of rotatable bonds is 4. The molecule has 1 saturated heterocycles. The number of anilines is 1. The Kier molecular flexibility index (Phi) is 4.66. The number of fused-ring (bicyclic) bond motifs is 3. The first-order chi connectivity index (χ1) is 10.7. The van der Waals surface area contributed by atoms with Gasteiger partial charge in [0.2, 0.25) is 0 Å². The molecule has 3 atom stereocenters. The molecule has 0 unspecified atom stereocenters. The summed E-state index contributed by atoms with van der Waals surface area (Å²) in [5, 5.41) is 22.1. The summed E-state index contributed by atoms with van der Waals surface area (Å²) >= 11 is 0. The van der Waals surface area contributed by atoms with Crippen LogP contribution in [0.4, 0.5) is 5.69 Å². The Hall–Kier alpha value is -1.57. The molecule has 2 N–H and O–H groups in total. The number of unbranched alkanes of at least 4 members (excludes halogenated alkanes) is 1. The van der Waals surface area contributed by atoms with Crippen LogP contribution in [0.1, 0.15) is 54.9 Å². The van der Waals surface area contributed by atoms with E-state index < -0.39 is 0 Å². The van der Waals surface area contributed by atoms with Crippen LogP contribution in [0.15, 0.2) is 12.1 Å². The molecule has 0 spiro atoms. The maximum atomic E-state index is 9.45. The van der Waals surface area contributed by atoms with Crippen molar-refractivity contribution in [3.8, 4) is 6.07 Å². The zero-order valence-corrected chi connectivity index (χ0v) is 13.1. The molecule has 0 aliphatic carbocycles. The average molecular weight is 300 g/mol. The summed E-state index contributed by atoms with van der Waals surface area (Å²) in [6, 6.07) is 6.76. The third kappa shape index (κ3) is 2.84. The van der Waals surface area contributed by atoms with Gasteiger partial charge < -0.3 is 15.2 Å². The van der Waals surface area contributed by atoms with E-state index in [0.29, 0.717) is 12.0 Å². The molecule has 4 nitrogen and oxygen atoms in total. The second-order valence-corrected chi connectivity index (χ2v) is 6.46. The highest BCUT2D eigenvalue weighted by atomic mass is 16.5. The SMILES string of the molecule is Cc1cc(C#N)c2c(c1)[C@H]1OCCC[C@H]1[C@H](CCCCO)N2. The van der Waals surface area contributed by atoms with Crippen LogP contribution in [0.3, 0.4) is 0 Å². The Morgan fingerprint density at radius 1 is 1.41 bits per heavy atom. The van der Waals surface area contributed by atoms with Crippen LogP contribution in [-0.4, -0.2) is 24.4 Å². The summed E-state index contributed by atoms with van der Waals surface area (Å²) in [4.78, 5) is 0. The molecule has 2 heterocycles. The van der Waals surface area contributed by atoms with E-state index >= 15 is 0 Å². The predicted molar refractivity (Wildman–Crippen MR) is 85.7 cm³/mol. The Balaban J connectivity index is 1.94. The molecular formula is C18H24N2O2. The fourth-order valence-electron chi connectivity index (χ4n) is 3.88. The topological polar surface area (TPSA) is 65.3 Å². The molecule has 2 aliphatic rings. The lowest BCUT2D eigenvalue weighted by Crippen LogP contribution is -2.41. The molecule has 3 rings (SSSR count). The highest BCUT2D eigenvalue weighted by Gasteiger charge is 2.39. The van der Waals surface area contributed by atoms with Crippen LogP contribution in [0, 0.1) is 24.2 Å². The molecular weight excluding hydrogens is 276 g/mol. The first-order valence-electron chi connectivity index (χ1n) is 8.28. The minimum Gasteiger partial charge on any atom is -0.396 e. The van der Waals surface area contributed by atoms with Crippen LogP contribution in [0.25, 0.3) is 0 Å². The minimum absolute atomic E-state index is 0.108. The van der Waals surface area contributed by atoms with Gasteiger partial charge in [-0.15, -0.1) is 0 Å². The van der Waals surface area contributed by atoms with E-state index in [1.807, 2.05) is 13.0 Å². The van der Waals surface area contributed by atoms with Crippen molar-refractivity contribution in [1.29, 1.82) is 5.26 Å². The largest absolute Gasteiger partial charge is 0.396 e. The number of benzene rings is 1. The highest BCUT2D eigenvalue weighted by molar-refractivity contribution is 5.66. The number of aryl methyl sites for hydroxylation is 1. The third-order valence-corrected chi connectivity index (χ3v) is 4.88. The molecule has 0 aromatic heterocycles. The predicted octanol–water partition coefficient (Wildman–Crippen LogP) is 3.29. The van der Waals surface area contributed by atoms with Gasteiger partial charge in [-0.3, -0.25) is 0 Å². The van der Waals surface area contributed by atoms with Crippen molar-refractivity contribution in [3.63, 3.8) is 0 Å². The third-order valence-electron chi connectivity index (χ3n) is 4.88. The van der Waals surface area contributed by atoms with E-state index in [1.54, 1.807) is 0 Å². The number of nitrogens with one attached hydrogen (secondary N) is 1. The van der Waals surface area contributed by atoms with Crippen molar-refractivity contribution in [2.75, 3.05) is 18.5 Å². The lowest BCUT2D eigenvalue weighted by molar-refractivity contribution is -0.0387. The van der Waals surface area contributed by atoms with Crippen molar-refractivity contribution >= 4 is 5.69 Å². The summed E-state index contributed by atoms with van der Waals surface area (Å²) < 4.78 is 6.10. The standard InChI is InChI=1S/C18H24N2O2/c1-12-9-13(11-19)17-15(10-12)18-14(5-4-8-22-18)16(20-17)6-2-3-7-21/h9-10,14,16,18,20-21H,2-8H2,1H3/t14-,16-,18-/m0/s1. The van der Waals surface area contributed by atoms with E-state index in [4.69, 9.17) is 9.84 Å². The molecule has 0 bridgehead atoms. The van der Waals surface area contributed by atoms with Crippen molar-refractivity contribution in [2.45, 2.75) is 51.2 Å². The van der Waals surface area contributed by atoms with Crippen molar-refractivity contribution in [2.24, 2.45) is 5.92 Å². The zero-order valence-electron chi connectivity index (χ0n) is 13.1. The highest BCUT2D eigenvalue weighted by Crippen LogP contribution is 2.46. The number of hydrogen-bond donors (Lipinski definition) is 2. The summed E-state index contributed by atoms with van der Waals surface area (Å²) in [5.74, 6) is 0.466. The molecule has 118 valence electrons. The molecule has 2 aliphatic heterocycles. The van der Waals surface area contributed by atoms with Crippen LogP contribution < -0.4 is 5.32 Å². The summed E-state index contributed by atoms with van der Waals surface area (Å²) in [6.07, 6.45) is 5.23. The normalized spacial score (nSPS) is 26.5. The second kappa shape index (κ2) is 6.68. The Morgan fingerprint density at radius 3 is 3.05 bits per heavy atom. The molecule has 0 radical (unpaired) electrons. The molecule has 1 fully saturated rings. The Labute approximate surface area is 132 Å². The maximum absolute atomic E-state index is 9.45. The number of aliphatic hydroxyl groups is 1. The van der Waals surface area contributed by atoms with Crippen LogP contribution >= 0.6 is 0 Å². The summed E-state index contributed by atoms with van der Waals surface area (Å²) in [7, 11) is 0. The van der Waals surface area contributed by atoms with Crippen LogP contribution in [-0.2, 0) is 4.74 Å². The van der Waals surface area contributed by atoms with E-state index in [0.717, 1.165) is 61.1 Å². The zero-order chi connectivity index (χ0) is 15.5. The van der Waals surface area contributed by atoms with Gasteiger partial charge in [0.15, 0.2) is 0 Å². The van der Waals surface area contributed by atoms with Gasteiger partial charge in [0, 0.05) is 30.7 Å². The van der Waals surface area contributed by atoms with Crippen molar-refractivity contribution < 1.29 is 9.84 Å². The number of nitrogens with zero attached hydrogens (tertiary/aromatic N) is 1. The van der Waals surface area contributed by atoms with Gasteiger partial charge in [0.1, 0.15) is 6.07 Å². The maximum Gasteiger partial charge on any atom is 0.101 e.